The molecular weight excluding hydrogens is 456 g/mol. The predicted molar refractivity (Wildman–Crippen MR) is 146 cm³/mol. The Hall–Kier alpha value is -1.85. The first kappa shape index (κ1) is 34.1. The van der Waals surface area contributed by atoms with Gasteiger partial charge in [-0.15, -0.1) is 0 Å². The molecule has 0 aromatic rings. The van der Waals surface area contributed by atoms with Crippen molar-refractivity contribution in [2.45, 2.75) is 143 Å². The Balaban J connectivity index is 4.56. The van der Waals surface area contributed by atoms with E-state index in [0.717, 1.165) is 63.9 Å². The molecule has 6 nitrogen and oxygen atoms in total. The quantitative estimate of drug-likeness (QED) is 0.0535. The van der Waals surface area contributed by atoms with Crippen LogP contribution in [0.25, 0.3) is 0 Å². The molecule has 0 saturated carbocycles. The summed E-state index contributed by atoms with van der Waals surface area (Å²) in [6.07, 6.45) is 20.4. The number of unbranched alkanes of at least 4 members (excludes halogenated alkanes) is 15. The van der Waals surface area contributed by atoms with Gasteiger partial charge in [0.25, 0.3) is 0 Å². The molecule has 0 aliphatic rings. The van der Waals surface area contributed by atoms with E-state index >= 15 is 0 Å². The first-order valence-corrected chi connectivity index (χ1v) is 14.7. The summed E-state index contributed by atoms with van der Waals surface area (Å²) in [6.45, 7) is 7.44. The standard InChI is InChI=1S/C30H54O6/c1-4-7-10-13-16-19-22-34-28(31)25-27(30(33)36-24-21-18-15-12-9-6-3)26-29(32)35-23-20-17-14-11-8-5-2/h25H,4-24,26H2,1-3H3. The van der Waals surface area contributed by atoms with Crippen LogP contribution in [0.1, 0.15) is 143 Å². The van der Waals surface area contributed by atoms with Gasteiger partial charge >= 0.3 is 17.9 Å². The van der Waals surface area contributed by atoms with Gasteiger partial charge in [0.1, 0.15) is 0 Å². The number of rotatable bonds is 25. The summed E-state index contributed by atoms with van der Waals surface area (Å²) in [6, 6.07) is 0. The third kappa shape index (κ3) is 22.6. The number of hydrogen-bond acceptors (Lipinski definition) is 6. The van der Waals surface area contributed by atoms with E-state index in [0.29, 0.717) is 13.2 Å². The van der Waals surface area contributed by atoms with Gasteiger partial charge in [-0.25, -0.2) is 9.59 Å². The van der Waals surface area contributed by atoms with Crippen LogP contribution in [0, 0.1) is 0 Å². The van der Waals surface area contributed by atoms with Crippen molar-refractivity contribution in [2.75, 3.05) is 19.8 Å². The van der Waals surface area contributed by atoms with Crippen LogP contribution in [0.5, 0.6) is 0 Å². The predicted octanol–water partition coefficient (Wildman–Crippen LogP) is 8.01. The number of ether oxygens (including phenoxy) is 3. The summed E-state index contributed by atoms with van der Waals surface area (Å²) >= 11 is 0. The van der Waals surface area contributed by atoms with Crippen LogP contribution in [0.2, 0.25) is 0 Å². The SMILES string of the molecule is CCCCCCCCOC(=O)C=C(CC(=O)OCCCCCCCC)C(=O)OCCCCCCCC. The molecule has 0 N–H and O–H groups in total. The van der Waals surface area contributed by atoms with E-state index in [-0.39, 0.29) is 18.6 Å². The van der Waals surface area contributed by atoms with Crippen molar-refractivity contribution in [3.05, 3.63) is 11.6 Å². The smallest absolute Gasteiger partial charge is 0.334 e. The Morgan fingerprint density at radius 3 is 1.36 bits per heavy atom. The highest BCUT2D eigenvalue weighted by molar-refractivity contribution is 5.99. The van der Waals surface area contributed by atoms with Crippen molar-refractivity contribution >= 4 is 17.9 Å². The van der Waals surface area contributed by atoms with E-state index in [4.69, 9.17) is 14.2 Å². The second-order valence-corrected chi connectivity index (χ2v) is 9.67. The highest BCUT2D eigenvalue weighted by atomic mass is 16.5. The fraction of sp³-hybridized carbons (Fsp3) is 0.833. The van der Waals surface area contributed by atoms with Gasteiger partial charge in [0.05, 0.1) is 31.8 Å². The minimum atomic E-state index is -0.642. The van der Waals surface area contributed by atoms with Crippen LogP contribution in [0.15, 0.2) is 11.6 Å². The maximum Gasteiger partial charge on any atom is 0.334 e. The molecule has 0 aliphatic heterocycles. The van der Waals surface area contributed by atoms with Crippen molar-refractivity contribution in [3.63, 3.8) is 0 Å². The summed E-state index contributed by atoms with van der Waals surface area (Å²) in [4.78, 5) is 37.2. The van der Waals surface area contributed by atoms with E-state index in [1.807, 2.05) is 0 Å². The van der Waals surface area contributed by atoms with Crippen LogP contribution in [-0.4, -0.2) is 37.7 Å². The lowest BCUT2D eigenvalue weighted by Gasteiger charge is -2.10. The van der Waals surface area contributed by atoms with E-state index in [9.17, 15) is 14.4 Å². The Bertz CT molecular complexity index is 584. The van der Waals surface area contributed by atoms with Gasteiger partial charge in [0.2, 0.25) is 0 Å². The van der Waals surface area contributed by atoms with Gasteiger partial charge in [-0.1, -0.05) is 117 Å². The molecule has 6 heteroatoms. The topological polar surface area (TPSA) is 78.9 Å². The Labute approximate surface area is 220 Å². The molecule has 0 bridgehead atoms. The molecule has 0 amide bonds. The Kier molecular flexibility index (Phi) is 24.9. The Morgan fingerprint density at radius 2 is 0.889 bits per heavy atom. The summed E-state index contributed by atoms with van der Waals surface area (Å²) in [7, 11) is 0. The highest BCUT2D eigenvalue weighted by Crippen LogP contribution is 2.11. The van der Waals surface area contributed by atoms with E-state index in [2.05, 4.69) is 20.8 Å². The second kappa shape index (κ2) is 26.2. The minimum Gasteiger partial charge on any atom is -0.465 e. The molecule has 0 unspecified atom stereocenters. The molecule has 210 valence electrons. The molecule has 0 heterocycles. The van der Waals surface area contributed by atoms with Gasteiger partial charge < -0.3 is 14.2 Å². The first-order chi connectivity index (χ1) is 17.5. The average molecular weight is 511 g/mol. The number of hydrogen-bond donors (Lipinski definition) is 0. The number of esters is 3. The van der Waals surface area contributed by atoms with Crippen LogP contribution in [0.4, 0.5) is 0 Å². The lowest BCUT2D eigenvalue weighted by atomic mass is 10.1. The van der Waals surface area contributed by atoms with E-state index in [1.165, 1.54) is 57.8 Å². The van der Waals surface area contributed by atoms with Gasteiger partial charge in [-0.2, -0.15) is 0 Å². The molecule has 0 spiro atoms. The largest absolute Gasteiger partial charge is 0.465 e. The summed E-state index contributed by atoms with van der Waals surface area (Å²) in [5.74, 6) is -1.77. The molecule has 0 aromatic carbocycles. The molecule has 0 fully saturated rings. The lowest BCUT2D eigenvalue weighted by molar-refractivity contribution is -0.146. The fourth-order valence-corrected chi connectivity index (χ4v) is 3.84. The summed E-state index contributed by atoms with van der Waals surface area (Å²) < 4.78 is 15.9. The van der Waals surface area contributed by atoms with Crippen molar-refractivity contribution in [1.29, 1.82) is 0 Å². The average Bonchev–Trinajstić information content (AvgIpc) is 2.86. The van der Waals surface area contributed by atoms with E-state index in [1.54, 1.807) is 0 Å². The van der Waals surface area contributed by atoms with Crippen molar-refractivity contribution in [1.82, 2.24) is 0 Å². The molecule has 0 aliphatic carbocycles. The van der Waals surface area contributed by atoms with Crippen molar-refractivity contribution in [3.8, 4) is 0 Å². The van der Waals surface area contributed by atoms with Crippen LogP contribution < -0.4 is 0 Å². The van der Waals surface area contributed by atoms with Crippen molar-refractivity contribution in [2.24, 2.45) is 0 Å². The van der Waals surface area contributed by atoms with Crippen molar-refractivity contribution < 1.29 is 28.6 Å². The lowest BCUT2D eigenvalue weighted by Crippen LogP contribution is -2.17. The molecular formula is C30H54O6. The minimum absolute atomic E-state index is 0.00174. The highest BCUT2D eigenvalue weighted by Gasteiger charge is 2.19. The molecule has 0 rings (SSSR count). The normalized spacial score (nSPS) is 11.4. The monoisotopic (exact) mass is 510 g/mol. The maximum absolute atomic E-state index is 12.6. The molecule has 0 atom stereocenters. The first-order valence-electron chi connectivity index (χ1n) is 14.7. The zero-order chi connectivity index (χ0) is 26.7. The third-order valence-corrected chi connectivity index (χ3v) is 6.12. The van der Waals surface area contributed by atoms with Crippen LogP contribution in [0.3, 0.4) is 0 Å². The Morgan fingerprint density at radius 1 is 0.500 bits per heavy atom. The fourth-order valence-electron chi connectivity index (χ4n) is 3.84. The number of carbonyl (C=O) groups excluding carboxylic acids is 3. The van der Waals surface area contributed by atoms with Gasteiger partial charge in [0.15, 0.2) is 0 Å². The van der Waals surface area contributed by atoms with Crippen LogP contribution in [-0.2, 0) is 28.6 Å². The molecule has 0 saturated heterocycles. The van der Waals surface area contributed by atoms with Gasteiger partial charge in [0, 0.05) is 6.08 Å². The molecule has 0 radical (unpaired) electrons. The van der Waals surface area contributed by atoms with Gasteiger partial charge in [-0.3, -0.25) is 4.79 Å². The number of carbonyl (C=O) groups is 3. The molecule has 36 heavy (non-hydrogen) atoms. The second-order valence-electron chi connectivity index (χ2n) is 9.67. The van der Waals surface area contributed by atoms with Crippen LogP contribution >= 0.6 is 0 Å². The summed E-state index contributed by atoms with van der Waals surface area (Å²) in [5.41, 5.74) is 0.00174. The molecule has 0 aromatic heterocycles. The third-order valence-electron chi connectivity index (χ3n) is 6.12. The maximum atomic E-state index is 12.6. The summed E-state index contributed by atoms with van der Waals surface area (Å²) in [5, 5.41) is 0. The van der Waals surface area contributed by atoms with Gasteiger partial charge in [-0.05, 0) is 19.3 Å². The van der Waals surface area contributed by atoms with E-state index < -0.39 is 17.9 Å². The zero-order valence-corrected chi connectivity index (χ0v) is 23.6. The zero-order valence-electron chi connectivity index (χ0n) is 23.6.